The smallest absolute Gasteiger partial charge is 0.384 e. The fraction of sp³-hybridized carbons (Fsp3) is 0.455. The van der Waals surface area contributed by atoms with Crippen molar-refractivity contribution in [3.05, 3.63) is 28.8 Å². The molecule has 2 nitrogen and oxygen atoms in total. The van der Waals surface area contributed by atoms with Crippen molar-refractivity contribution in [3.8, 4) is 0 Å². The Bertz CT molecular complexity index is 377. The molecule has 1 unspecified atom stereocenters. The van der Waals surface area contributed by atoms with Gasteiger partial charge in [0.05, 0.1) is 16.3 Å². The van der Waals surface area contributed by atoms with Gasteiger partial charge in [0.2, 0.25) is 0 Å². The van der Waals surface area contributed by atoms with Gasteiger partial charge in [-0.2, -0.15) is 13.2 Å². The van der Waals surface area contributed by atoms with Crippen molar-refractivity contribution < 1.29 is 13.2 Å². The first-order valence-electron chi connectivity index (χ1n) is 5.17. The van der Waals surface area contributed by atoms with Crippen molar-refractivity contribution in [2.75, 3.05) is 11.9 Å². The van der Waals surface area contributed by atoms with E-state index in [1.165, 1.54) is 6.07 Å². The third kappa shape index (κ3) is 4.44. The Morgan fingerprint density at radius 2 is 2.06 bits per heavy atom. The minimum Gasteiger partial charge on any atom is -0.384 e. The summed E-state index contributed by atoms with van der Waals surface area (Å²) in [6.07, 6.45) is -3.70. The van der Waals surface area contributed by atoms with Crippen LogP contribution in [0.15, 0.2) is 18.2 Å². The normalized spacial score (nSPS) is 13.5. The third-order valence-corrected chi connectivity index (χ3v) is 2.54. The van der Waals surface area contributed by atoms with Gasteiger partial charge in [0.1, 0.15) is 0 Å². The molecule has 0 bridgehead atoms. The van der Waals surface area contributed by atoms with Gasteiger partial charge >= 0.3 is 6.18 Å². The van der Waals surface area contributed by atoms with E-state index in [4.69, 9.17) is 17.3 Å². The lowest BCUT2D eigenvalue weighted by Gasteiger charge is -2.13. The zero-order chi connectivity index (χ0) is 13.1. The van der Waals surface area contributed by atoms with E-state index in [2.05, 4.69) is 5.32 Å². The molecule has 0 aliphatic carbocycles. The molecule has 0 aromatic heterocycles. The molecule has 96 valence electrons. The van der Waals surface area contributed by atoms with E-state index < -0.39 is 11.7 Å². The van der Waals surface area contributed by atoms with Gasteiger partial charge in [0.25, 0.3) is 0 Å². The molecule has 0 saturated carbocycles. The average Bonchev–Trinajstić information content (AvgIpc) is 2.18. The van der Waals surface area contributed by atoms with Crippen LogP contribution in [-0.2, 0) is 6.18 Å². The SMILES string of the molecule is CC(N)CCNc1cc(C(F)(F)F)ccc1Cl. The van der Waals surface area contributed by atoms with Crippen LogP contribution in [0.3, 0.4) is 0 Å². The van der Waals surface area contributed by atoms with Crippen molar-refractivity contribution in [3.63, 3.8) is 0 Å². The summed E-state index contributed by atoms with van der Waals surface area (Å²) in [5.74, 6) is 0. The minimum absolute atomic E-state index is 0.00734. The fourth-order valence-electron chi connectivity index (χ4n) is 1.27. The van der Waals surface area contributed by atoms with Crippen LogP contribution < -0.4 is 11.1 Å². The number of nitrogens with one attached hydrogen (secondary N) is 1. The largest absolute Gasteiger partial charge is 0.416 e. The molecule has 0 saturated heterocycles. The van der Waals surface area contributed by atoms with E-state index in [9.17, 15) is 13.2 Å². The Hall–Kier alpha value is -0.940. The second-order valence-electron chi connectivity index (χ2n) is 3.89. The van der Waals surface area contributed by atoms with Crippen molar-refractivity contribution in [1.29, 1.82) is 0 Å². The lowest BCUT2D eigenvalue weighted by molar-refractivity contribution is -0.137. The zero-order valence-corrected chi connectivity index (χ0v) is 10.1. The van der Waals surface area contributed by atoms with E-state index in [0.29, 0.717) is 13.0 Å². The number of hydrogen-bond acceptors (Lipinski definition) is 2. The first kappa shape index (κ1) is 14.1. The zero-order valence-electron chi connectivity index (χ0n) is 9.31. The summed E-state index contributed by atoms with van der Waals surface area (Å²) < 4.78 is 37.4. The first-order valence-corrected chi connectivity index (χ1v) is 5.54. The van der Waals surface area contributed by atoms with E-state index in [-0.39, 0.29) is 16.8 Å². The monoisotopic (exact) mass is 266 g/mol. The molecule has 6 heteroatoms. The van der Waals surface area contributed by atoms with Crippen LogP contribution in [0.25, 0.3) is 0 Å². The molecule has 0 aliphatic rings. The number of hydrogen-bond donors (Lipinski definition) is 2. The molecule has 0 fully saturated rings. The molecule has 3 N–H and O–H groups in total. The summed E-state index contributed by atoms with van der Waals surface area (Å²) in [5, 5.41) is 3.11. The van der Waals surface area contributed by atoms with Crippen molar-refractivity contribution >= 4 is 17.3 Å². The van der Waals surface area contributed by atoms with Crippen LogP contribution in [0, 0.1) is 0 Å². The highest BCUT2D eigenvalue weighted by atomic mass is 35.5. The third-order valence-electron chi connectivity index (χ3n) is 2.21. The Labute approximate surface area is 103 Å². The van der Waals surface area contributed by atoms with Gasteiger partial charge in [0.15, 0.2) is 0 Å². The molecule has 17 heavy (non-hydrogen) atoms. The molecule has 0 aliphatic heterocycles. The maximum absolute atomic E-state index is 12.5. The predicted molar refractivity (Wildman–Crippen MR) is 63.2 cm³/mol. The van der Waals surface area contributed by atoms with Crippen LogP contribution >= 0.6 is 11.6 Å². The number of alkyl halides is 3. The number of benzene rings is 1. The van der Waals surface area contributed by atoms with E-state index in [0.717, 1.165) is 12.1 Å². The molecule has 1 atom stereocenters. The summed E-state index contributed by atoms with van der Waals surface area (Å²) in [5.41, 5.74) is 5.10. The topological polar surface area (TPSA) is 38.0 Å². The van der Waals surface area contributed by atoms with E-state index in [1.54, 1.807) is 0 Å². The van der Waals surface area contributed by atoms with Crippen LogP contribution in [0.1, 0.15) is 18.9 Å². The average molecular weight is 267 g/mol. The Kier molecular flexibility index (Phi) is 4.65. The molecular formula is C11H14ClF3N2. The number of rotatable bonds is 4. The first-order chi connectivity index (χ1) is 7.80. The lowest BCUT2D eigenvalue weighted by atomic mass is 10.2. The number of nitrogens with two attached hydrogens (primary N) is 1. The summed E-state index contributed by atoms with van der Waals surface area (Å²) >= 11 is 5.80. The van der Waals surface area contributed by atoms with Gasteiger partial charge in [-0.1, -0.05) is 11.6 Å². The predicted octanol–water partition coefficient (Wildman–Crippen LogP) is 3.51. The maximum Gasteiger partial charge on any atom is 0.416 e. The van der Waals surface area contributed by atoms with Crippen LogP contribution in [0.2, 0.25) is 5.02 Å². The highest BCUT2D eigenvalue weighted by molar-refractivity contribution is 6.33. The summed E-state index contributed by atoms with van der Waals surface area (Å²) in [6.45, 7) is 2.31. The van der Waals surface area contributed by atoms with Gasteiger partial charge in [-0.15, -0.1) is 0 Å². The second-order valence-corrected chi connectivity index (χ2v) is 4.29. The summed E-state index contributed by atoms with van der Waals surface area (Å²) in [6, 6.07) is 3.19. The molecular weight excluding hydrogens is 253 g/mol. The minimum atomic E-state index is -4.36. The number of halogens is 4. The van der Waals surface area contributed by atoms with Crippen LogP contribution in [0.5, 0.6) is 0 Å². The van der Waals surface area contributed by atoms with Crippen molar-refractivity contribution in [1.82, 2.24) is 0 Å². The van der Waals surface area contributed by atoms with Gasteiger partial charge in [0, 0.05) is 12.6 Å². The Balaban J connectivity index is 2.77. The maximum atomic E-state index is 12.5. The van der Waals surface area contributed by atoms with Crippen molar-refractivity contribution in [2.24, 2.45) is 5.73 Å². The summed E-state index contributed by atoms with van der Waals surface area (Å²) in [7, 11) is 0. The number of anilines is 1. The Morgan fingerprint density at radius 3 is 2.59 bits per heavy atom. The summed E-state index contributed by atoms with van der Waals surface area (Å²) in [4.78, 5) is 0. The molecule has 1 aromatic rings. The van der Waals surface area contributed by atoms with E-state index in [1.807, 2.05) is 6.92 Å². The molecule has 1 aromatic carbocycles. The Morgan fingerprint density at radius 1 is 1.41 bits per heavy atom. The van der Waals surface area contributed by atoms with E-state index >= 15 is 0 Å². The van der Waals surface area contributed by atoms with Crippen molar-refractivity contribution in [2.45, 2.75) is 25.6 Å². The quantitative estimate of drug-likeness (QED) is 0.875. The lowest BCUT2D eigenvalue weighted by Crippen LogP contribution is -2.19. The van der Waals surface area contributed by atoms with Gasteiger partial charge in [-0.25, -0.2) is 0 Å². The van der Waals surface area contributed by atoms with Gasteiger partial charge < -0.3 is 11.1 Å². The molecule has 1 rings (SSSR count). The molecule has 0 heterocycles. The second kappa shape index (κ2) is 5.60. The molecule has 0 radical (unpaired) electrons. The highest BCUT2D eigenvalue weighted by Gasteiger charge is 2.30. The van der Waals surface area contributed by atoms with Gasteiger partial charge in [-0.05, 0) is 31.5 Å². The standard InChI is InChI=1S/C11H14ClF3N2/c1-7(16)4-5-17-10-6-8(11(13,14)15)2-3-9(10)12/h2-3,6-7,17H,4-5,16H2,1H3. The molecule has 0 amide bonds. The van der Waals surface area contributed by atoms with Crippen LogP contribution in [0.4, 0.5) is 18.9 Å². The van der Waals surface area contributed by atoms with Gasteiger partial charge in [-0.3, -0.25) is 0 Å². The van der Waals surface area contributed by atoms with Crippen LogP contribution in [-0.4, -0.2) is 12.6 Å². The molecule has 0 spiro atoms. The fourth-order valence-corrected chi connectivity index (χ4v) is 1.46. The highest BCUT2D eigenvalue weighted by Crippen LogP contribution is 2.33.